The minimum atomic E-state index is -1.03. The molecule has 4 nitrogen and oxygen atoms in total. The minimum Gasteiger partial charge on any atom is -0.494 e. The molecule has 0 bridgehead atoms. The van der Waals surface area contributed by atoms with Gasteiger partial charge in [0.1, 0.15) is 11.9 Å². The molecule has 0 aliphatic carbocycles. The lowest BCUT2D eigenvalue weighted by Gasteiger charge is -2.10. The average molecular weight is 288 g/mol. The van der Waals surface area contributed by atoms with Crippen molar-refractivity contribution >= 4 is 27.5 Å². The number of hydrogen-bond acceptors (Lipinski definition) is 3. The molecule has 0 radical (unpaired) electrons. The van der Waals surface area contributed by atoms with E-state index in [9.17, 15) is 4.79 Å². The van der Waals surface area contributed by atoms with E-state index in [0.29, 0.717) is 16.8 Å². The zero-order chi connectivity index (χ0) is 12.1. The summed E-state index contributed by atoms with van der Waals surface area (Å²) in [5.74, 6) is 0.286. The second-order valence-electron chi connectivity index (χ2n) is 3.24. The van der Waals surface area contributed by atoms with Crippen LogP contribution < -0.4 is 10.1 Å². The van der Waals surface area contributed by atoms with Crippen LogP contribution in [0.1, 0.15) is 13.8 Å². The van der Waals surface area contributed by atoms with Crippen LogP contribution in [-0.4, -0.2) is 23.7 Å². The van der Waals surface area contributed by atoms with Gasteiger partial charge in [-0.25, -0.2) is 0 Å². The molecule has 1 atom stereocenters. The van der Waals surface area contributed by atoms with Crippen LogP contribution in [0, 0.1) is 0 Å². The van der Waals surface area contributed by atoms with E-state index >= 15 is 0 Å². The number of aliphatic hydroxyl groups excluding tert-OH is 1. The highest BCUT2D eigenvalue weighted by Crippen LogP contribution is 2.27. The quantitative estimate of drug-likeness (QED) is 0.892. The molecule has 16 heavy (non-hydrogen) atoms. The predicted octanol–water partition coefficient (Wildman–Crippen LogP) is 2.17. The van der Waals surface area contributed by atoms with E-state index in [1.54, 1.807) is 18.2 Å². The van der Waals surface area contributed by atoms with Crippen molar-refractivity contribution in [3.05, 3.63) is 22.7 Å². The number of nitrogens with one attached hydrogen (secondary N) is 1. The summed E-state index contributed by atoms with van der Waals surface area (Å²) in [6, 6.07) is 5.24. The van der Waals surface area contributed by atoms with Gasteiger partial charge in [0.05, 0.1) is 12.3 Å². The smallest absolute Gasteiger partial charge is 0.252 e. The van der Waals surface area contributed by atoms with Crippen molar-refractivity contribution in [2.45, 2.75) is 20.0 Å². The van der Waals surface area contributed by atoms with E-state index < -0.39 is 12.0 Å². The molecule has 1 aromatic rings. The molecule has 1 rings (SSSR count). The van der Waals surface area contributed by atoms with Crippen LogP contribution in [0.3, 0.4) is 0 Å². The number of hydrogen-bond donors (Lipinski definition) is 2. The largest absolute Gasteiger partial charge is 0.494 e. The lowest BCUT2D eigenvalue weighted by molar-refractivity contribution is -0.123. The second-order valence-corrected chi connectivity index (χ2v) is 4.09. The molecule has 1 amide bonds. The highest BCUT2D eigenvalue weighted by molar-refractivity contribution is 9.10. The number of carbonyl (C=O) groups is 1. The molecule has 0 saturated carbocycles. The molecule has 0 aromatic heterocycles. The third kappa shape index (κ3) is 3.50. The lowest BCUT2D eigenvalue weighted by Crippen LogP contribution is -2.24. The maximum Gasteiger partial charge on any atom is 0.252 e. The monoisotopic (exact) mass is 287 g/mol. The lowest BCUT2D eigenvalue weighted by atomic mass is 10.3. The van der Waals surface area contributed by atoms with Crippen molar-refractivity contribution in [1.29, 1.82) is 0 Å². The SMILES string of the molecule is CCOc1ccc(NC(=O)C(C)O)c(Br)c1. The molecule has 1 unspecified atom stereocenters. The van der Waals surface area contributed by atoms with E-state index in [0.717, 1.165) is 5.75 Å². The highest BCUT2D eigenvalue weighted by Gasteiger charge is 2.11. The molecule has 88 valence electrons. The van der Waals surface area contributed by atoms with Crippen molar-refractivity contribution in [1.82, 2.24) is 0 Å². The van der Waals surface area contributed by atoms with E-state index in [1.165, 1.54) is 6.92 Å². The number of anilines is 1. The fourth-order valence-electron chi connectivity index (χ4n) is 1.09. The van der Waals surface area contributed by atoms with Crippen LogP contribution in [-0.2, 0) is 4.79 Å². The number of benzene rings is 1. The summed E-state index contributed by atoms with van der Waals surface area (Å²) in [4.78, 5) is 11.3. The number of ether oxygens (including phenoxy) is 1. The predicted molar refractivity (Wildman–Crippen MR) is 65.6 cm³/mol. The zero-order valence-corrected chi connectivity index (χ0v) is 10.7. The van der Waals surface area contributed by atoms with Crippen LogP contribution >= 0.6 is 15.9 Å². The number of aliphatic hydroxyl groups is 1. The molecule has 0 aliphatic heterocycles. The molecule has 0 spiro atoms. The third-order valence-electron chi connectivity index (χ3n) is 1.89. The van der Waals surface area contributed by atoms with Gasteiger partial charge in [-0.05, 0) is 48.0 Å². The van der Waals surface area contributed by atoms with Gasteiger partial charge in [-0.3, -0.25) is 4.79 Å². The summed E-state index contributed by atoms with van der Waals surface area (Å²) in [6.07, 6.45) is -1.03. The standard InChI is InChI=1S/C11H14BrNO3/c1-3-16-8-4-5-10(9(12)6-8)13-11(15)7(2)14/h4-7,14H,3H2,1-2H3,(H,13,15). The van der Waals surface area contributed by atoms with Crippen LogP contribution in [0.4, 0.5) is 5.69 Å². The summed E-state index contributed by atoms with van der Waals surface area (Å²) in [6.45, 7) is 3.90. The minimum absolute atomic E-state index is 0.440. The normalized spacial score (nSPS) is 12.0. The number of carbonyl (C=O) groups excluding carboxylic acids is 1. The molecule has 0 aliphatic rings. The van der Waals surface area contributed by atoms with Crippen LogP contribution in [0.15, 0.2) is 22.7 Å². The van der Waals surface area contributed by atoms with E-state index in [4.69, 9.17) is 9.84 Å². The maximum absolute atomic E-state index is 11.3. The van der Waals surface area contributed by atoms with Gasteiger partial charge in [-0.1, -0.05) is 0 Å². The molecular formula is C11H14BrNO3. The first-order chi connectivity index (χ1) is 7.54. The van der Waals surface area contributed by atoms with Gasteiger partial charge < -0.3 is 15.2 Å². The number of rotatable bonds is 4. The van der Waals surface area contributed by atoms with Crippen molar-refractivity contribution in [2.24, 2.45) is 0 Å². The molecule has 0 heterocycles. The van der Waals surface area contributed by atoms with Crippen LogP contribution in [0.2, 0.25) is 0 Å². The van der Waals surface area contributed by atoms with Gasteiger partial charge in [-0.2, -0.15) is 0 Å². The fourth-order valence-corrected chi connectivity index (χ4v) is 1.55. The Morgan fingerprint density at radius 2 is 2.31 bits per heavy atom. The Morgan fingerprint density at radius 3 is 2.81 bits per heavy atom. The first kappa shape index (κ1) is 13.0. The first-order valence-electron chi connectivity index (χ1n) is 4.96. The molecule has 2 N–H and O–H groups in total. The topological polar surface area (TPSA) is 58.6 Å². The Balaban J connectivity index is 2.79. The van der Waals surface area contributed by atoms with Crippen molar-refractivity contribution in [3.63, 3.8) is 0 Å². The molecule has 1 aromatic carbocycles. The second kappa shape index (κ2) is 5.86. The summed E-state index contributed by atoms with van der Waals surface area (Å²) in [5, 5.41) is 11.6. The summed E-state index contributed by atoms with van der Waals surface area (Å²) in [7, 11) is 0. The van der Waals surface area contributed by atoms with Gasteiger partial charge in [0.15, 0.2) is 0 Å². The van der Waals surface area contributed by atoms with Gasteiger partial charge in [0, 0.05) is 4.47 Å². The van der Waals surface area contributed by atoms with Crippen LogP contribution in [0.5, 0.6) is 5.75 Å². The van der Waals surface area contributed by atoms with E-state index in [2.05, 4.69) is 21.2 Å². The molecule has 5 heteroatoms. The maximum atomic E-state index is 11.3. The highest BCUT2D eigenvalue weighted by atomic mass is 79.9. The Morgan fingerprint density at radius 1 is 1.62 bits per heavy atom. The Hall–Kier alpha value is -1.07. The Labute approximate surface area is 103 Å². The van der Waals surface area contributed by atoms with Crippen LogP contribution in [0.25, 0.3) is 0 Å². The van der Waals surface area contributed by atoms with Crippen molar-refractivity contribution < 1.29 is 14.6 Å². The van der Waals surface area contributed by atoms with E-state index in [1.807, 2.05) is 6.92 Å². The molecule has 0 fully saturated rings. The van der Waals surface area contributed by atoms with Gasteiger partial charge in [-0.15, -0.1) is 0 Å². The summed E-state index contributed by atoms with van der Waals surface area (Å²) in [5.41, 5.74) is 0.606. The third-order valence-corrected chi connectivity index (χ3v) is 2.54. The summed E-state index contributed by atoms with van der Waals surface area (Å²) >= 11 is 3.32. The average Bonchev–Trinajstić information content (AvgIpc) is 2.22. The molecule has 0 saturated heterocycles. The first-order valence-corrected chi connectivity index (χ1v) is 5.75. The van der Waals surface area contributed by atoms with Crippen molar-refractivity contribution in [3.8, 4) is 5.75 Å². The zero-order valence-electron chi connectivity index (χ0n) is 9.16. The summed E-state index contributed by atoms with van der Waals surface area (Å²) < 4.78 is 6.02. The van der Waals surface area contributed by atoms with Gasteiger partial charge in [0.2, 0.25) is 0 Å². The Bertz CT molecular complexity index is 379. The fraction of sp³-hybridized carbons (Fsp3) is 0.364. The number of amides is 1. The Kier molecular flexibility index (Phi) is 4.76. The molecular weight excluding hydrogens is 274 g/mol. The van der Waals surface area contributed by atoms with E-state index in [-0.39, 0.29) is 0 Å². The van der Waals surface area contributed by atoms with Crippen molar-refractivity contribution in [2.75, 3.05) is 11.9 Å². The van der Waals surface area contributed by atoms with Gasteiger partial charge >= 0.3 is 0 Å². The number of halogens is 1. The van der Waals surface area contributed by atoms with Gasteiger partial charge in [0.25, 0.3) is 5.91 Å².